The van der Waals surface area contributed by atoms with Gasteiger partial charge in [-0.1, -0.05) is 225 Å². The maximum atomic E-state index is 12.7. The zero-order valence-electron chi connectivity index (χ0n) is 38.8. The summed E-state index contributed by atoms with van der Waals surface area (Å²) < 4.78 is 16.7. The van der Waals surface area contributed by atoms with Crippen LogP contribution < -0.4 is 0 Å². The first-order valence-electron chi connectivity index (χ1n) is 25.3. The zero-order valence-corrected chi connectivity index (χ0v) is 38.8. The Hall–Kier alpha value is -2.11. The SMILES string of the molecule is CCCCC/C=C\C/C=C\CCCCCCCCCCCC(=O)OCC(COC(=O)CCCCCCCCCCC)OC(=O)CCCCCCCCCCCCCC. The van der Waals surface area contributed by atoms with Crippen molar-refractivity contribution in [2.75, 3.05) is 13.2 Å². The lowest BCUT2D eigenvalue weighted by Crippen LogP contribution is -2.30. The number of allylic oxidation sites excluding steroid dienone is 4. The lowest BCUT2D eigenvalue weighted by atomic mass is 10.0. The van der Waals surface area contributed by atoms with Crippen molar-refractivity contribution < 1.29 is 28.6 Å². The van der Waals surface area contributed by atoms with Crippen LogP contribution in [0.4, 0.5) is 0 Å². The summed E-state index contributed by atoms with van der Waals surface area (Å²) in [7, 11) is 0. The summed E-state index contributed by atoms with van der Waals surface area (Å²) in [6.07, 6.45) is 53.0. The summed E-state index contributed by atoms with van der Waals surface area (Å²) >= 11 is 0. The molecule has 6 nitrogen and oxygen atoms in total. The Kier molecular flexibility index (Phi) is 45.8. The molecule has 0 aromatic heterocycles. The van der Waals surface area contributed by atoms with Crippen LogP contribution in [0.2, 0.25) is 0 Å². The number of esters is 3. The van der Waals surface area contributed by atoms with E-state index in [2.05, 4.69) is 45.1 Å². The summed E-state index contributed by atoms with van der Waals surface area (Å²) in [5, 5.41) is 0. The van der Waals surface area contributed by atoms with Gasteiger partial charge in [0.2, 0.25) is 0 Å². The van der Waals surface area contributed by atoms with Gasteiger partial charge in [-0.15, -0.1) is 0 Å². The highest BCUT2D eigenvalue weighted by molar-refractivity contribution is 5.71. The van der Waals surface area contributed by atoms with Crippen molar-refractivity contribution in [1.82, 2.24) is 0 Å². The van der Waals surface area contributed by atoms with Gasteiger partial charge < -0.3 is 14.2 Å². The minimum absolute atomic E-state index is 0.0682. The second kappa shape index (κ2) is 47.6. The number of ether oxygens (including phenoxy) is 3. The van der Waals surface area contributed by atoms with E-state index in [1.54, 1.807) is 0 Å². The van der Waals surface area contributed by atoms with E-state index in [0.29, 0.717) is 19.3 Å². The first-order valence-corrected chi connectivity index (χ1v) is 25.3. The van der Waals surface area contributed by atoms with Crippen LogP contribution in [0.1, 0.15) is 271 Å². The standard InChI is InChI=1S/C52H96O6/c1-4-7-10-13-16-19-21-23-24-25-26-27-28-29-31-33-36-39-42-45-51(54)57-48-49(47-56-50(53)44-41-38-35-32-18-15-12-9-6-3)58-52(55)46-43-40-37-34-30-22-20-17-14-11-8-5-2/h16,19,23-24,49H,4-15,17-18,20-22,25-48H2,1-3H3/b19-16-,24-23-. The molecular weight excluding hydrogens is 721 g/mol. The molecule has 0 saturated carbocycles. The van der Waals surface area contributed by atoms with Crippen molar-refractivity contribution in [2.24, 2.45) is 0 Å². The minimum Gasteiger partial charge on any atom is -0.462 e. The van der Waals surface area contributed by atoms with Gasteiger partial charge >= 0.3 is 17.9 Å². The van der Waals surface area contributed by atoms with Gasteiger partial charge in [0.15, 0.2) is 6.10 Å². The van der Waals surface area contributed by atoms with E-state index in [4.69, 9.17) is 14.2 Å². The average molecular weight is 817 g/mol. The number of hydrogen-bond donors (Lipinski definition) is 0. The first-order chi connectivity index (χ1) is 28.5. The number of unbranched alkanes of at least 4 members (excludes halogenated alkanes) is 31. The van der Waals surface area contributed by atoms with E-state index >= 15 is 0 Å². The fourth-order valence-corrected chi connectivity index (χ4v) is 7.36. The normalized spacial score (nSPS) is 12.1. The second-order valence-electron chi connectivity index (χ2n) is 17.1. The van der Waals surface area contributed by atoms with Crippen molar-refractivity contribution in [2.45, 2.75) is 277 Å². The van der Waals surface area contributed by atoms with Gasteiger partial charge in [0.1, 0.15) is 13.2 Å². The molecule has 0 rings (SSSR count). The summed E-state index contributed by atoms with van der Waals surface area (Å²) in [5.74, 6) is -0.864. The van der Waals surface area contributed by atoms with E-state index in [1.807, 2.05) is 0 Å². The molecule has 0 aliphatic rings. The molecule has 0 heterocycles. The first kappa shape index (κ1) is 55.9. The van der Waals surface area contributed by atoms with Gasteiger partial charge in [0, 0.05) is 19.3 Å². The highest BCUT2D eigenvalue weighted by atomic mass is 16.6. The third kappa shape index (κ3) is 45.0. The summed E-state index contributed by atoms with van der Waals surface area (Å²) in [6, 6.07) is 0. The fourth-order valence-electron chi connectivity index (χ4n) is 7.36. The molecule has 0 aromatic rings. The summed E-state index contributed by atoms with van der Waals surface area (Å²) in [6.45, 7) is 6.61. The van der Waals surface area contributed by atoms with Gasteiger partial charge in [-0.25, -0.2) is 0 Å². The molecule has 0 aliphatic heterocycles. The van der Waals surface area contributed by atoms with Crippen LogP contribution >= 0.6 is 0 Å². The van der Waals surface area contributed by atoms with Crippen molar-refractivity contribution in [3.8, 4) is 0 Å². The van der Waals surface area contributed by atoms with Crippen molar-refractivity contribution in [1.29, 1.82) is 0 Å². The van der Waals surface area contributed by atoms with Gasteiger partial charge in [0.25, 0.3) is 0 Å². The molecule has 340 valence electrons. The number of hydrogen-bond acceptors (Lipinski definition) is 6. The molecule has 0 aliphatic carbocycles. The van der Waals surface area contributed by atoms with Crippen LogP contribution in [0, 0.1) is 0 Å². The van der Waals surface area contributed by atoms with Crippen LogP contribution in [0.15, 0.2) is 24.3 Å². The van der Waals surface area contributed by atoms with Crippen LogP contribution in [0.5, 0.6) is 0 Å². The quantitative estimate of drug-likeness (QED) is 0.0263. The Morgan fingerprint density at radius 2 is 0.621 bits per heavy atom. The van der Waals surface area contributed by atoms with E-state index in [9.17, 15) is 14.4 Å². The van der Waals surface area contributed by atoms with Crippen molar-refractivity contribution in [3.63, 3.8) is 0 Å². The van der Waals surface area contributed by atoms with Gasteiger partial charge in [-0.05, 0) is 51.4 Å². The Morgan fingerprint density at radius 3 is 0.983 bits per heavy atom. The molecule has 0 aromatic carbocycles. The molecule has 0 bridgehead atoms. The molecule has 1 atom stereocenters. The van der Waals surface area contributed by atoms with Crippen LogP contribution in [0.25, 0.3) is 0 Å². The summed E-state index contributed by atoms with van der Waals surface area (Å²) in [5.41, 5.74) is 0. The van der Waals surface area contributed by atoms with Crippen molar-refractivity contribution >= 4 is 17.9 Å². The van der Waals surface area contributed by atoms with E-state index in [1.165, 1.54) is 167 Å². The Labute approximate surface area is 360 Å². The third-order valence-corrected chi connectivity index (χ3v) is 11.2. The molecule has 0 fully saturated rings. The maximum absolute atomic E-state index is 12.7. The van der Waals surface area contributed by atoms with E-state index in [0.717, 1.165) is 64.2 Å². The highest BCUT2D eigenvalue weighted by Gasteiger charge is 2.19. The molecule has 6 heteroatoms. The van der Waals surface area contributed by atoms with Gasteiger partial charge in [-0.2, -0.15) is 0 Å². The largest absolute Gasteiger partial charge is 0.462 e. The monoisotopic (exact) mass is 817 g/mol. The molecule has 0 spiro atoms. The molecule has 0 saturated heterocycles. The molecular formula is C52H96O6. The van der Waals surface area contributed by atoms with Crippen LogP contribution in [-0.2, 0) is 28.6 Å². The molecule has 1 unspecified atom stereocenters. The lowest BCUT2D eigenvalue weighted by molar-refractivity contribution is -0.167. The Balaban J connectivity index is 4.26. The fraction of sp³-hybridized carbons (Fsp3) is 0.865. The Morgan fingerprint density at radius 1 is 0.345 bits per heavy atom. The zero-order chi connectivity index (χ0) is 42.3. The van der Waals surface area contributed by atoms with E-state index in [-0.39, 0.29) is 31.1 Å². The number of carbonyl (C=O) groups is 3. The topological polar surface area (TPSA) is 78.9 Å². The Bertz CT molecular complexity index is 942. The average Bonchev–Trinajstić information content (AvgIpc) is 3.22. The number of rotatable bonds is 46. The highest BCUT2D eigenvalue weighted by Crippen LogP contribution is 2.15. The minimum atomic E-state index is -0.765. The third-order valence-electron chi connectivity index (χ3n) is 11.2. The maximum Gasteiger partial charge on any atom is 0.306 e. The van der Waals surface area contributed by atoms with Crippen LogP contribution in [-0.4, -0.2) is 37.2 Å². The second-order valence-corrected chi connectivity index (χ2v) is 17.1. The summed E-state index contributed by atoms with van der Waals surface area (Å²) in [4.78, 5) is 37.8. The molecule has 0 N–H and O–H groups in total. The van der Waals surface area contributed by atoms with Gasteiger partial charge in [0.05, 0.1) is 0 Å². The smallest absolute Gasteiger partial charge is 0.306 e. The lowest BCUT2D eigenvalue weighted by Gasteiger charge is -2.18. The predicted molar refractivity (Wildman–Crippen MR) is 247 cm³/mol. The van der Waals surface area contributed by atoms with Crippen molar-refractivity contribution in [3.05, 3.63) is 24.3 Å². The molecule has 0 amide bonds. The predicted octanol–water partition coefficient (Wildman–Crippen LogP) is 16.4. The molecule has 0 radical (unpaired) electrons. The molecule has 58 heavy (non-hydrogen) atoms. The van der Waals surface area contributed by atoms with Crippen LogP contribution in [0.3, 0.4) is 0 Å². The number of carbonyl (C=O) groups excluding carboxylic acids is 3. The van der Waals surface area contributed by atoms with Gasteiger partial charge in [-0.3, -0.25) is 14.4 Å². The van der Waals surface area contributed by atoms with E-state index < -0.39 is 6.10 Å².